The number of nitrogens with zero attached hydrogens (tertiary/aromatic N) is 2. The van der Waals surface area contributed by atoms with Gasteiger partial charge in [0.1, 0.15) is 17.0 Å². The van der Waals surface area contributed by atoms with Crippen LogP contribution in [0.25, 0.3) is 0 Å². The minimum absolute atomic E-state index is 0.0889. The first-order chi connectivity index (χ1) is 17.0. The van der Waals surface area contributed by atoms with Gasteiger partial charge in [-0.15, -0.1) is 0 Å². The monoisotopic (exact) mass is 487 g/mol. The van der Waals surface area contributed by atoms with Crippen molar-refractivity contribution in [2.24, 2.45) is 0 Å². The van der Waals surface area contributed by atoms with Crippen LogP contribution in [0.2, 0.25) is 0 Å². The first-order valence-electron chi connectivity index (χ1n) is 11.8. The molecule has 7 heteroatoms. The molecule has 2 N–H and O–H groups in total. The number of imidazole rings is 1. The molecule has 0 atom stereocenters. The fourth-order valence-electron chi connectivity index (χ4n) is 3.60. The van der Waals surface area contributed by atoms with Crippen LogP contribution in [-0.4, -0.2) is 44.8 Å². The predicted octanol–water partition coefficient (Wildman–Crippen LogP) is 4.42. The summed E-state index contributed by atoms with van der Waals surface area (Å²) in [5, 5.41) is 12.4. The van der Waals surface area contributed by atoms with Crippen LogP contribution < -0.4 is 5.32 Å². The number of hydrogen-bond donors (Lipinski definition) is 2. The molecule has 1 aliphatic carbocycles. The number of nitrogens with one attached hydrogen (secondary N) is 1. The summed E-state index contributed by atoms with van der Waals surface area (Å²) in [5.41, 5.74) is 2.68. The summed E-state index contributed by atoms with van der Waals surface area (Å²) in [6.07, 6.45) is 7.67. The molecular formula is C29H33N3O4. The van der Waals surface area contributed by atoms with Crippen molar-refractivity contribution in [1.29, 1.82) is 0 Å². The summed E-state index contributed by atoms with van der Waals surface area (Å²) in [4.78, 5) is 29.3. The highest BCUT2D eigenvalue weighted by atomic mass is 16.5. The Morgan fingerprint density at radius 1 is 1.28 bits per heavy atom. The summed E-state index contributed by atoms with van der Waals surface area (Å²) < 4.78 is 7.20. The van der Waals surface area contributed by atoms with Crippen LogP contribution in [0.5, 0.6) is 0 Å². The number of aliphatic carboxylic acids is 1. The number of carbonyl (C=O) groups is 2. The molecule has 0 radical (unpaired) electrons. The fraction of sp³-hybridized carbons (Fsp3) is 0.345. The summed E-state index contributed by atoms with van der Waals surface area (Å²) in [5.74, 6) is 4.74. The van der Waals surface area contributed by atoms with Gasteiger partial charge in [0.2, 0.25) is 0 Å². The number of aryl methyl sites for hydroxylation is 1. The van der Waals surface area contributed by atoms with E-state index in [0.29, 0.717) is 17.9 Å². The summed E-state index contributed by atoms with van der Waals surface area (Å²) in [6, 6.07) is 8.11. The number of allylic oxidation sites excluding steroid dienone is 2. The quantitative estimate of drug-likeness (QED) is 0.310. The number of carboxylic acids is 1. The van der Waals surface area contributed by atoms with E-state index in [9.17, 15) is 14.7 Å². The van der Waals surface area contributed by atoms with E-state index in [-0.39, 0.29) is 11.5 Å². The van der Waals surface area contributed by atoms with Gasteiger partial charge in [0.15, 0.2) is 0 Å². The number of carboxylic acid groups (broad SMARTS) is 1. The van der Waals surface area contributed by atoms with Gasteiger partial charge in [0.05, 0.1) is 17.4 Å². The van der Waals surface area contributed by atoms with Crippen LogP contribution in [0, 0.1) is 18.8 Å². The Morgan fingerprint density at radius 3 is 2.50 bits per heavy atom. The maximum Gasteiger partial charge on any atom is 0.335 e. The second-order valence-corrected chi connectivity index (χ2v) is 9.54. The van der Waals surface area contributed by atoms with Gasteiger partial charge in [-0.2, -0.15) is 0 Å². The number of ether oxygens (including phenoxy) is 1. The van der Waals surface area contributed by atoms with Crippen molar-refractivity contribution < 1.29 is 19.4 Å². The van der Waals surface area contributed by atoms with Crippen LogP contribution >= 0.6 is 0 Å². The second-order valence-electron chi connectivity index (χ2n) is 9.54. The number of hydrogen-bond acceptors (Lipinski definition) is 4. The number of benzene rings is 1. The third kappa shape index (κ3) is 6.41. The molecule has 1 aliphatic rings. The minimum atomic E-state index is -1.05. The molecule has 0 bridgehead atoms. The van der Waals surface area contributed by atoms with Crippen molar-refractivity contribution >= 4 is 11.9 Å². The maximum absolute atomic E-state index is 13.6. The molecule has 0 unspecified atom stereocenters. The fourth-order valence-corrected chi connectivity index (χ4v) is 3.60. The van der Waals surface area contributed by atoms with Gasteiger partial charge in [-0.3, -0.25) is 4.79 Å². The largest absolute Gasteiger partial charge is 0.478 e. The van der Waals surface area contributed by atoms with E-state index < -0.39 is 17.1 Å². The predicted molar refractivity (Wildman–Crippen MR) is 140 cm³/mol. The Bertz CT molecular complexity index is 1280. The van der Waals surface area contributed by atoms with Gasteiger partial charge < -0.3 is 19.7 Å². The molecule has 2 aromatic rings. The zero-order valence-electron chi connectivity index (χ0n) is 21.5. The molecule has 1 heterocycles. The number of aromatic nitrogens is 2. The molecular weight excluding hydrogens is 454 g/mol. The van der Waals surface area contributed by atoms with E-state index >= 15 is 0 Å². The van der Waals surface area contributed by atoms with Gasteiger partial charge in [0.25, 0.3) is 5.91 Å². The van der Waals surface area contributed by atoms with E-state index in [1.165, 1.54) is 12.2 Å². The van der Waals surface area contributed by atoms with E-state index in [4.69, 9.17) is 4.74 Å². The first kappa shape index (κ1) is 26.7. The second kappa shape index (κ2) is 10.8. The van der Waals surface area contributed by atoms with Crippen LogP contribution in [-0.2, 0) is 16.1 Å². The highest BCUT2D eigenvalue weighted by Gasteiger charge is 2.46. The molecule has 7 nitrogen and oxygen atoms in total. The topological polar surface area (TPSA) is 93.5 Å². The molecule has 36 heavy (non-hydrogen) atoms. The van der Waals surface area contributed by atoms with Crippen molar-refractivity contribution in [3.63, 3.8) is 0 Å². The number of amides is 1. The van der Waals surface area contributed by atoms with Gasteiger partial charge in [-0.05, 0) is 63.7 Å². The third-order valence-corrected chi connectivity index (χ3v) is 6.36. The first-order valence-corrected chi connectivity index (χ1v) is 11.8. The minimum Gasteiger partial charge on any atom is -0.478 e. The average molecular weight is 488 g/mol. The van der Waals surface area contributed by atoms with E-state index in [0.717, 1.165) is 29.5 Å². The van der Waals surface area contributed by atoms with E-state index in [1.807, 2.05) is 52.0 Å². The molecule has 0 spiro atoms. The summed E-state index contributed by atoms with van der Waals surface area (Å²) in [7, 11) is 1.58. The van der Waals surface area contributed by atoms with Crippen LogP contribution in [0.15, 0.2) is 66.5 Å². The number of carbonyl (C=O) groups excluding carboxylic acids is 1. The molecule has 1 aromatic heterocycles. The molecule has 0 aliphatic heterocycles. The van der Waals surface area contributed by atoms with Crippen molar-refractivity contribution in [3.05, 3.63) is 89.1 Å². The van der Waals surface area contributed by atoms with Gasteiger partial charge in [-0.1, -0.05) is 54.5 Å². The van der Waals surface area contributed by atoms with Gasteiger partial charge in [-0.25, -0.2) is 9.78 Å². The molecule has 3 rings (SSSR count). The lowest BCUT2D eigenvalue weighted by molar-refractivity contribution is -0.132. The normalized spacial score (nSPS) is 15.0. The number of methoxy groups -OCH3 is 1. The smallest absolute Gasteiger partial charge is 0.335 e. The maximum atomic E-state index is 13.6. The molecule has 1 amide bonds. The summed E-state index contributed by atoms with van der Waals surface area (Å²) >= 11 is 0. The van der Waals surface area contributed by atoms with Crippen molar-refractivity contribution in [2.45, 2.75) is 58.2 Å². The Balaban J connectivity index is 1.95. The van der Waals surface area contributed by atoms with Crippen LogP contribution in [0.1, 0.15) is 60.9 Å². The lowest BCUT2D eigenvalue weighted by Gasteiger charge is -2.19. The highest BCUT2D eigenvalue weighted by Crippen LogP contribution is 2.42. The molecule has 0 saturated heterocycles. The van der Waals surface area contributed by atoms with E-state index in [2.05, 4.69) is 28.7 Å². The summed E-state index contributed by atoms with van der Waals surface area (Å²) in [6.45, 7) is 11.6. The van der Waals surface area contributed by atoms with Crippen molar-refractivity contribution in [3.8, 4) is 11.8 Å². The Hall–Kier alpha value is -3.89. The standard InChI is InChI=1S/C29H33N3O4/c1-7-23(27(34)35)13-10-21(3)29(16-17-29)31-26(33)25-24(14-15-28(4,5)36-6)30-19-32(25)18-22-11-8-20(2)9-12-22/h7-13,19H,1,16-18H2,2-6H3,(H,31,33)(H,34,35)/b21-10+,23-13+. The molecule has 1 saturated carbocycles. The molecule has 1 fully saturated rings. The number of rotatable bonds is 9. The van der Waals surface area contributed by atoms with Crippen LogP contribution in [0.3, 0.4) is 0 Å². The third-order valence-electron chi connectivity index (χ3n) is 6.36. The molecule has 188 valence electrons. The lowest BCUT2D eigenvalue weighted by Crippen LogP contribution is -2.39. The highest BCUT2D eigenvalue weighted by molar-refractivity contribution is 5.96. The zero-order chi connectivity index (χ0) is 26.5. The van der Waals surface area contributed by atoms with Crippen LogP contribution in [0.4, 0.5) is 0 Å². The van der Waals surface area contributed by atoms with Crippen molar-refractivity contribution in [1.82, 2.24) is 14.9 Å². The Kier molecular flexibility index (Phi) is 8.01. The zero-order valence-corrected chi connectivity index (χ0v) is 21.5. The SMILES string of the molecule is C=C/C(=C\C=C(/C)C1(NC(=O)c2c(C#CC(C)(C)OC)ncn2Cc2ccc(C)cc2)CC1)C(=O)O. The Labute approximate surface area is 212 Å². The Morgan fingerprint density at radius 2 is 1.94 bits per heavy atom. The van der Waals surface area contributed by atoms with Crippen molar-refractivity contribution in [2.75, 3.05) is 7.11 Å². The average Bonchev–Trinajstić information content (AvgIpc) is 3.51. The lowest BCUT2D eigenvalue weighted by atomic mass is 10.0. The van der Waals surface area contributed by atoms with Gasteiger partial charge >= 0.3 is 5.97 Å². The van der Waals surface area contributed by atoms with Gasteiger partial charge in [0, 0.05) is 13.7 Å². The van der Waals surface area contributed by atoms with E-state index in [1.54, 1.807) is 24.1 Å². The molecule has 1 aromatic carbocycles.